The first-order valence-electron chi connectivity index (χ1n) is 30.2. The van der Waals surface area contributed by atoms with E-state index >= 15 is 0 Å². The molecule has 0 aliphatic carbocycles. The normalized spacial score (nSPS) is 16.8. The summed E-state index contributed by atoms with van der Waals surface area (Å²) in [5, 5.41) is 31.2. The number of piperidine rings is 1. The second-order valence-corrected chi connectivity index (χ2v) is 24.5. The molecular formula is C65H87N11O9S. The van der Waals surface area contributed by atoms with E-state index in [4.69, 9.17) is 23.9 Å². The number of nitrogens with one attached hydrogen (secondary N) is 5. The topological polar surface area (TPSA) is 247 Å². The van der Waals surface area contributed by atoms with E-state index in [2.05, 4.69) is 53.4 Å². The number of nitrogens with zero attached hydrogens (tertiary/aromatic N) is 6. The molecule has 0 saturated carbocycles. The van der Waals surface area contributed by atoms with Crippen LogP contribution in [0.15, 0.2) is 103 Å². The Hall–Kier alpha value is -7.14. The van der Waals surface area contributed by atoms with Crippen molar-refractivity contribution in [1.29, 1.82) is 0 Å². The van der Waals surface area contributed by atoms with Gasteiger partial charge in [-0.2, -0.15) is 5.10 Å². The number of carbonyl (C=O) groups is 4. The van der Waals surface area contributed by atoms with Gasteiger partial charge in [0.1, 0.15) is 11.8 Å². The van der Waals surface area contributed by atoms with E-state index in [0.717, 1.165) is 102 Å². The van der Waals surface area contributed by atoms with Crippen molar-refractivity contribution in [1.82, 2.24) is 50.9 Å². The standard InChI is InChI=1S/C65H87N11O9S/c1-45(69-61(80)51-15-11-16-52(38-51)72-65(25-29-75(6)30-26-65)63-71-60(73-74-63)49-23-27-66-28-24-49)50-14-12-17-54(39-50)85-33-10-8-7-9-31-82-34-36-84-37-35-83-32-13-18-57(78)70-56(64(3,4)5)41-58(79)76-43-53(77)40-55(76)62(81)67-42-47-19-21-48(22-20-47)59-46(2)68-44-86-59/h11-12,14-17,19-24,27-28,38-39,44-45,53,55-56,72,77H,7-10,13,18,25-26,29-37,40-43H2,1-6H3,(H,67,81)(H,69,80)(H,70,78)(H,71,73,74)/t45-,53+,55?,56+/m0/s1. The van der Waals surface area contributed by atoms with Crippen LogP contribution in [-0.4, -0.2) is 155 Å². The van der Waals surface area contributed by atoms with Crippen LogP contribution in [0.25, 0.3) is 21.8 Å². The van der Waals surface area contributed by atoms with Gasteiger partial charge in [0, 0.05) is 93.9 Å². The molecule has 20 nitrogen and oxygen atoms in total. The second-order valence-electron chi connectivity index (χ2n) is 23.6. The van der Waals surface area contributed by atoms with Crippen molar-refractivity contribution in [3.63, 3.8) is 0 Å². The van der Waals surface area contributed by atoms with E-state index in [9.17, 15) is 24.3 Å². The van der Waals surface area contributed by atoms with Crippen molar-refractivity contribution < 1.29 is 43.2 Å². The molecule has 2 aliphatic rings. The Morgan fingerprint density at radius 1 is 0.826 bits per heavy atom. The molecule has 3 aromatic carbocycles. The predicted molar refractivity (Wildman–Crippen MR) is 332 cm³/mol. The van der Waals surface area contributed by atoms with E-state index in [1.54, 1.807) is 23.7 Å². The first kappa shape index (κ1) is 64.8. The van der Waals surface area contributed by atoms with Gasteiger partial charge in [-0.25, -0.2) is 9.97 Å². The summed E-state index contributed by atoms with van der Waals surface area (Å²) in [5.74, 6) is 1.20. The third kappa shape index (κ3) is 19.2. The van der Waals surface area contributed by atoms with E-state index in [1.165, 1.54) is 4.90 Å². The molecule has 2 fully saturated rings. The van der Waals surface area contributed by atoms with Crippen LogP contribution in [0.2, 0.25) is 0 Å². The van der Waals surface area contributed by atoms with Crippen LogP contribution in [0, 0.1) is 12.3 Å². The number of aryl methyl sites for hydroxylation is 1. The summed E-state index contributed by atoms with van der Waals surface area (Å²) in [5.41, 5.74) is 7.08. The molecule has 2 aliphatic heterocycles. The molecule has 4 atom stereocenters. The summed E-state index contributed by atoms with van der Waals surface area (Å²) in [6.45, 7) is 15.4. The number of pyridine rings is 1. The number of H-pyrrole nitrogens is 1. The van der Waals surface area contributed by atoms with E-state index < -0.39 is 29.1 Å². The van der Waals surface area contributed by atoms with Gasteiger partial charge in [-0.15, -0.1) is 11.3 Å². The van der Waals surface area contributed by atoms with E-state index in [1.807, 2.05) is 125 Å². The molecule has 6 N–H and O–H groups in total. The summed E-state index contributed by atoms with van der Waals surface area (Å²) in [6, 6.07) is 25.7. The third-order valence-electron chi connectivity index (χ3n) is 15.9. The van der Waals surface area contributed by atoms with Crippen molar-refractivity contribution in [3.8, 4) is 27.6 Å². The Bertz CT molecular complexity index is 3090. The Kier molecular flexibility index (Phi) is 24.1. The summed E-state index contributed by atoms with van der Waals surface area (Å²) >= 11 is 1.58. The van der Waals surface area contributed by atoms with Crippen LogP contribution in [0.1, 0.15) is 131 Å². The molecule has 6 aromatic rings. The van der Waals surface area contributed by atoms with Crippen molar-refractivity contribution in [2.45, 2.75) is 135 Å². The molecule has 8 rings (SSSR count). The fourth-order valence-electron chi connectivity index (χ4n) is 10.6. The largest absolute Gasteiger partial charge is 0.494 e. The van der Waals surface area contributed by atoms with Crippen molar-refractivity contribution >= 4 is 40.7 Å². The van der Waals surface area contributed by atoms with Crippen LogP contribution in [0.5, 0.6) is 5.75 Å². The van der Waals surface area contributed by atoms with Crippen molar-refractivity contribution in [2.75, 3.05) is 78.2 Å². The van der Waals surface area contributed by atoms with Crippen LogP contribution in [0.4, 0.5) is 5.69 Å². The van der Waals surface area contributed by atoms with Gasteiger partial charge in [0.15, 0.2) is 11.6 Å². The molecule has 3 aromatic heterocycles. The molecule has 21 heteroatoms. The number of aromatic amines is 1. The summed E-state index contributed by atoms with van der Waals surface area (Å²) in [7, 11) is 2.12. The van der Waals surface area contributed by atoms with E-state index in [-0.39, 0.29) is 62.0 Å². The quantitative estimate of drug-likeness (QED) is 0.0216. The highest BCUT2D eigenvalue weighted by atomic mass is 32.1. The number of β-amino-alcohol motifs (C(OH)–C–C–N with tert-alkyl or cyclic N) is 1. The Labute approximate surface area is 510 Å². The predicted octanol–water partition coefficient (Wildman–Crippen LogP) is 8.79. The van der Waals surface area contributed by atoms with Crippen LogP contribution in [-0.2, 0) is 40.7 Å². The van der Waals surface area contributed by atoms with Crippen LogP contribution in [0.3, 0.4) is 0 Å². The highest BCUT2D eigenvalue weighted by molar-refractivity contribution is 7.13. The molecule has 0 radical (unpaired) electrons. The van der Waals surface area contributed by atoms with Gasteiger partial charge in [-0.1, -0.05) is 69.7 Å². The maximum atomic E-state index is 13.7. The molecule has 462 valence electrons. The monoisotopic (exact) mass is 1200 g/mol. The first-order valence-corrected chi connectivity index (χ1v) is 31.1. The zero-order chi connectivity index (χ0) is 60.9. The number of aromatic nitrogens is 5. The average Bonchev–Trinajstić information content (AvgIpc) is 3.30. The number of aliphatic hydroxyl groups excluding tert-OH is 1. The number of aliphatic hydroxyl groups is 1. The lowest BCUT2D eigenvalue weighted by atomic mass is 9.84. The van der Waals surface area contributed by atoms with Gasteiger partial charge < -0.3 is 55.1 Å². The molecule has 1 unspecified atom stereocenters. The minimum absolute atomic E-state index is 0.00112. The molecule has 0 bridgehead atoms. The Morgan fingerprint density at radius 2 is 1.52 bits per heavy atom. The maximum Gasteiger partial charge on any atom is 0.251 e. The number of unbranched alkanes of at least 4 members (excludes halogenated alkanes) is 3. The average molecular weight is 1200 g/mol. The van der Waals surface area contributed by atoms with Crippen LogP contribution < -0.4 is 26.0 Å². The Balaban J connectivity index is 0.635. The van der Waals surface area contributed by atoms with Crippen LogP contribution >= 0.6 is 11.3 Å². The SMILES string of the molecule is Cc1ncsc1-c1ccc(CNC(=O)C2C[C@@H](O)CN2C(=O)C[C@@H](NC(=O)CCCOCCOCCOCCCCCCOc2cccc([C@H](C)NC(=O)c3cccc(NC4(c5nc(-c6ccncc6)n[nH]5)CCN(C)CC4)c3)c2)C(C)(C)C)cc1. The highest BCUT2D eigenvalue weighted by Crippen LogP contribution is 2.36. The number of thiazole rings is 1. The molecule has 0 spiro atoms. The minimum atomic E-state index is -0.815. The fraction of sp³-hybridized carbons (Fsp3) is 0.508. The third-order valence-corrected chi connectivity index (χ3v) is 16.9. The zero-order valence-corrected chi connectivity index (χ0v) is 51.6. The van der Waals surface area contributed by atoms with Gasteiger partial charge in [0.05, 0.1) is 66.8 Å². The summed E-state index contributed by atoms with van der Waals surface area (Å²) in [4.78, 5) is 72.1. The number of amides is 4. The van der Waals surface area contributed by atoms with Gasteiger partial charge in [0.25, 0.3) is 5.91 Å². The number of benzene rings is 3. The number of likely N-dealkylation sites (tertiary alicyclic amines) is 2. The number of hydrogen-bond acceptors (Lipinski definition) is 16. The lowest BCUT2D eigenvalue weighted by molar-refractivity contribution is -0.139. The molecule has 86 heavy (non-hydrogen) atoms. The van der Waals surface area contributed by atoms with Gasteiger partial charge in [0.2, 0.25) is 17.7 Å². The summed E-state index contributed by atoms with van der Waals surface area (Å²) < 4.78 is 23.3. The highest BCUT2D eigenvalue weighted by Gasteiger charge is 2.41. The lowest BCUT2D eigenvalue weighted by Gasteiger charge is -2.40. The fourth-order valence-corrected chi connectivity index (χ4v) is 11.4. The number of rotatable bonds is 32. The molecular weight excluding hydrogens is 1110 g/mol. The van der Waals surface area contributed by atoms with Crippen molar-refractivity contribution in [2.24, 2.45) is 5.41 Å². The number of ether oxygens (including phenoxy) is 4. The smallest absolute Gasteiger partial charge is 0.251 e. The molecule has 2 saturated heterocycles. The number of hydrogen-bond donors (Lipinski definition) is 6. The second kappa shape index (κ2) is 32.0. The Morgan fingerprint density at radius 3 is 2.23 bits per heavy atom. The molecule has 5 heterocycles. The first-order chi connectivity index (χ1) is 41.5. The van der Waals surface area contributed by atoms with E-state index in [0.29, 0.717) is 64.1 Å². The molecule has 4 amide bonds. The zero-order valence-electron chi connectivity index (χ0n) is 50.8. The van der Waals surface area contributed by atoms with Gasteiger partial charge in [-0.3, -0.25) is 29.3 Å². The minimum Gasteiger partial charge on any atom is -0.494 e. The van der Waals surface area contributed by atoms with Crippen molar-refractivity contribution in [3.05, 3.63) is 131 Å². The lowest BCUT2D eigenvalue weighted by Crippen LogP contribution is -2.50. The van der Waals surface area contributed by atoms with Gasteiger partial charge >= 0.3 is 0 Å². The van der Waals surface area contributed by atoms with Gasteiger partial charge in [-0.05, 0) is 124 Å². The number of anilines is 1. The maximum absolute atomic E-state index is 13.7. The summed E-state index contributed by atoms with van der Waals surface area (Å²) in [6.07, 6.45) is 9.05. The number of carbonyl (C=O) groups excluding carboxylic acids is 4.